The number of esters is 1. The number of hydrogen-bond donors (Lipinski definition) is 1. The minimum Gasteiger partial charge on any atom is -0.452 e. The number of benzene rings is 2. The second-order valence-electron chi connectivity index (χ2n) is 5.60. The van der Waals surface area contributed by atoms with Crippen LogP contribution in [-0.2, 0) is 16.0 Å². The summed E-state index contributed by atoms with van der Waals surface area (Å²) in [5.74, 6) is -1.18. The van der Waals surface area contributed by atoms with E-state index in [1.807, 2.05) is 19.9 Å². The van der Waals surface area contributed by atoms with Gasteiger partial charge in [-0.05, 0) is 61.2 Å². The summed E-state index contributed by atoms with van der Waals surface area (Å²) in [6.45, 7) is 3.94. The van der Waals surface area contributed by atoms with Crippen molar-refractivity contribution in [2.24, 2.45) is 0 Å². The Morgan fingerprint density at radius 2 is 1.75 bits per heavy atom. The largest absolute Gasteiger partial charge is 0.452 e. The van der Waals surface area contributed by atoms with Crippen LogP contribution < -0.4 is 5.32 Å². The van der Waals surface area contributed by atoms with Gasteiger partial charge in [0.25, 0.3) is 5.91 Å². The number of halogens is 1. The third-order valence-electron chi connectivity index (χ3n) is 3.73. The minimum atomic E-state index is -0.521. The van der Waals surface area contributed by atoms with Crippen molar-refractivity contribution in [2.45, 2.75) is 20.3 Å². The molecule has 0 aliphatic heterocycles. The molecule has 0 aliphatic carbocycles. The molecule has 0 aliphatic rings. The van der Waals surface area contributed by atoms with Crippen molar-refractivity contribution in [3.63, 3.8) is 0 Å². The molecule has 0 saturated heterocycles. The third-order valence-corrected chi connectivity index (χ3v) is 3.73. The zero-order valence-corrected chi connectivity index (χ0v) is 13.8. The number of carbonyl (C=O) groups is 2. The molecule has 0 heterocycles. The van der Waals surface area contributed by atoms with E-state index in [-0.39, 0.29) is 18.3 Å². The number of amides is 1. The second kappa shape index (κ2) is 8.24. The van der Waals surface area contributed by atoms with Crippen LogP contribution in [0, 0.1) is 19.7 Å². The van der Waals surface area contributed by atoms with Gasteiger partial charge in [-0.2, -0.15) is 0 Å². The lowest BCUT2D eigenvalue weighted by Gasteiger charge is -2.08. The Hall–Kier alpha value is -2.69. The Bertz CT molecular complexity index is 726. The Labute approximate surface area is 140 Å². The van der Waals surface area contributed by atoms with Crippen LogP contribution in [0.15, 0.2) is 42.5 Å². The Morgan fingerprint density at radius 1 is 1.04 bits per heavy atom. The summed E-state index contributed by atoms with van der Waals surface area (Å²) < 4.78 is 17.8. The van der Waals surface area contributed by atoms with E-state index in [2.05, 4.69) is 5.32 Å². The van der Waals surface area contributed by atoms with Gasteiger partial charge in [0, 0.05) is 6.54 Å². The highest BCUT2D eigenvalue weighted by atomic mass is 19.1. The summed E-state index contributed by atoms with van der Waals surface area (Å²) in [5, 5.41) is 2.66. The second-order valence-corrected chi connectivity index (χ2v) is 5.60. The maximum absolute atomic E-state index is 12.8. The summed E-state index contributed by atoms with van der Waals surface area (Å²) in [7, 11) is 0. The van der Waals surface area contributed by atoms with E-state index >= 15 is 0 Å². The van der Waals surface area contributed by atoms with Crippen LogP contribution in [0.5, 0.6) is 0 Å². The average Bonchev–Trinajstić information content (AvgIpc) is 2.57. The first-order chi connectivity index (χ1) is 11.5. The number of carbonyl (C=O) groups excluding carboxylic acids is 2. The molecule has 2 aromatic rings. The fourth-order valence-corrected chi connectivity index (χ4v) is 2.13. The quantitative estimate of drug-likeness (QED) is 0.829. The molecule has 5 heteroatoms. The molecule has 0 bridgehead atoms. The summed E-state index contributed by atoms with van der Waals surface area (Å²) >= 11 is 0. The van der Waals surface area contributed by atoms with Crippen LogP contribution in [0.2, 0.25) is 0 Å². The molecule has 0 fully saturated rings. The summed E-state index contributed by atoms with van der Waals surface area (Å²) in [4.78, 5) is 23.6. The van der Waals surface area contributed by atoms with Gasteiger partial charge in [0.1, 0.15) is 5.82 Å². The van der Waals surface area contributed by atoms with Crippen LogP contribution in [-0.4, -0.2) is 25.0 Å². The van der Waals surface area contributed by atoms with E-state index in [9.17, 15) is 14.0 Å². The first kappa shape index (κ1) is 17.7. The molecule has 4 nitrogen and oxygen atoms in total. The SMILES string of the molecule is Cc1ccc(C(=O)OCC(=O)NCCc2ccc(F)cc2)cc1C. The standard InChI is InChI=1S/C19H20FNO3/c1-13-3-6-16(11-14(13)2)19(23)24-12-18(22)21-10-9-15-4-7-17(20)8-5-15/h3-8,11H,9-10,12H2,1-2H3,(H,21,22). The predicted octanol–water partition coefficient (Wildman–Crippen LogP) is 2.96. The van der Waals surface area contributed by atoms with E-state index in [0.717, 1.165) is 16.7 Å². The fourth-order valence-electron chi connectivity index (χ4n) is 2.13. The zero-order chi connectivity index (χ0) is 17.5. The molecule has 24 heavy (non-hydrogen) atoms. The first-order valence-corrected chi connectivity index (χ1v) is 7.71. The van der Waals surface area contributed by atoms with Crippen molar-refractivity contribution >= 4 is 11.9 Å². The van der Waals surface area contributed by atoms with Crippen molar-refractivity contribution in [2.75, 3.05) is 13.2 Å². The molecule has 1 amide bonds. The predicted molar refractivity (Wildman–Crippen MR) is 89.3 cm³/mol. The average molecular weight is 329 g/mol. The van der Waals surface area contributed by atoms with Crippen molar-refractivity contribution < 1.29 is 18.7 Å². The van der Waals surface area contributed by atoms with E-state index in [1.165, 1.54) is 12.1 Å². The third kappa shape index (κ3) is 5.19. The van der Waals surface area contributed by atoms with Gasteiger partial charge in [0.05, 0.1) is 5.56 Å². The number of aryl methyl sites for hydroxylation is 2. The van der Waals surface area contributed by atoms with Crippen LogP contribution in [0.3, 0.4) is 0 Å². The van der Waals surface area contributed by atoms with Gasteiger partial charge in [-0.1, -0.05) is 18.2 Å². The van der Waals surface area contributed by atoms with Gasteiger partial charge in [0.2, 0.25) is 0 Å². The van der Waals surface area contributed by atoms with Gasteiger partial charge in [-0.25, -0.2) is 9.18 Å². The van der Waals surface area contributed by atoms with Crippen LogP contribution in [0.25, 0.3) is 0 Å². The highest BCUT2D eigenvalue weighted by Crippen LogP contribution is 2.10. The first-order valence-electron chi connectivity index (χ1n) is 7.71. The number of nitrogens with one attached hydrogen (secondary N) is 1. The summed E-state index contributed by atoms with van der Waals surface area (Å²) in [6.07, 6.45) is 0.580. The maximum Gasteiger partial charge on any atom is 0.338 e. The molecule has 0 radical (unpaired) electrons. The fraction of sp³-hybridized carbons (Fsp3) is 0.263. The van der Waals surface area contributed by atoms with Crippen molar-refractivity contribution in [1.29, 1.82) is 0 Å². The molecule has 0 spiro atoms. The van der Waals surface area contributed by atoms with Crippen molar-refractivity contribution in [3.05, 3.63) is 70.5 Å². The van der Waals surface area contributed by atoms with Gasteiger partial charge in [-0.15, -0.1) is 0 Å². The molecular weight excluding hydrogens is 309 g/mol. The molecule has 2 aromatic carbocycles. The molecular formula is C19H20FNO3. The topological polar surface area (TPSA) is 55.4 Å². The molecule has 0 unspecified atom stereocenters. The Morgan fingerprint density at radius 3 is 2.42 bits per heavy atom. The van der Waals surface area contributed by atoms with Crippen LogP contribution in [0.4, 0.5) is 4.39 Å². The normalized spacial score (nSPS) is 10.3. The van der Waals surface area contributed by atoms with Gasteiger partial charge in [-0.3, -0.25) is 4.79 Å². The Balaban J connectivity index is 1.73. The molecule has 0 saturated carbocycles. The summed E-state index contributed by atoms with van der Waals surface area (Å²) in [5.41, 5.74) is 3.43. The Kier molecular flexibility index (Phi) is 6.07. The van der Waals surface area contributed by atoms with E-state index < -0.39 is 5.97 Å². The highest BCUT2D eigenvalue weighted by molar-refractivity contribution is 5.91. The number of hydrogen-bond acceptors (Lipinski definition) is 3. The van der Waals surface area contributed by atoms with Crippen molar-refractivity contribution in [3.8, 4) is 0 Å². The van der Waals surface area contributed by atoms with Gasteiger partial charge in [0.15, 0.2) is 6.61 Å². The number of rotatable bonds is 6. The van der Waals surface area contributed by atoms with Gasteiger partial charge < -0.3 is 10.1 Å². The van der Waals surface area contributed by atoms with E-state index in [1.54, 1.807) is 24.3 Å². The van der Waals surface area contributed by atoms with E-state index in [0.29, 0.717) is 18.5 Å². The smallest absolute Gasteiger partial charge is 0.338 e. The minimum absolute atomic E-state index is 0.291. The molecule has 1 N–H and O–H groups in total. The van der Waals surface area contributed by atoms with E-state index in [4.69, 9.17) is 4.74 Å². The molecule has 126 valence electrons. The number of ether oxygens (including phenoxy) is 1. The molecule has 0 aromatic heterocycles. The monoisotopic (exact) mass is 329 g/mol. The summed E-state index contributed by atoms with van der Waals surface area (Å²) in [6, 6.07) is 11.4. The van der Waals surface area contributed by atoms with Crippen molar-refractivity contribution in [1.82, 2.24) is 5.32 Å². The van der Waals surface area contributed by atoms with Gasteiger partial charge >= 0.3 is 5.97 Å². The highest BCUT2D eigenvalue weighted by Gasteiger charge is 2.10. The van der Waals surface area contributed by atoms with Crippen LogP contribution >= 0.6 is 0 Å². The molecule has 2 rings (SSSR count). The van der Waals surface area contributed by atoms with Crippen LogP contribution in [0.1, 0.15) is 27.0 Å². The zero-order valence-electron chi connectivity index (χ0n) is 13.8. The molecule has 0 atom stereocenters. The lowest BCUT2D eigenvalue weighted by Crippen LogP contribution is -2.30. The maximum atomic E-state index is 12.8. The lowest BCUT2D eigenvalue weighted by atomic mass is 10.1. The lowest BCUT2D eigenvalue weighted by molar-refractivity contribution is -0.124.